The molecule has 0 aliphatic carbocycles. The van der Waals surface area contributed by atoms with Gasteiger partial charge in [0, 0.05) is 47.5 Å². The molecule has 1 aromatic rings. The van der Waals surface area contributed by atoms with Gasteiger partial charge in [-0.2, -0.15) is 0 Å². The van der Waals surface area contributed by atoms with E-state index in [9.17, 15) is 0 Å². The lowest BCUT2D eigenvalue weighted by Gasteiger charge is -2.20. The molecule has 1 aliphatic heterocycles. The third-order valence-electron chi connectivity index (χ3n) is 3.87. The largest absolute Gasteiger partial charge is 0.307 e. The topological polar surface area (TPSA) is 18.5 Å². The zero-order valence-electron chi connectivity index (χ0n) is 13.6. The van der Waals surface area contributed by atoms with Crippen LogP contribution in [0.5, 0.6) is 0 Å². The van der Waals surface area contributed by atoms with Crippen LogP contribution in [-0.2, 0) is 13.1 Å². The standard InChI is InChI=1S/C16H29N3S/c1-16(2,3)17-10-14-6-7-15(20-14)12-19-9-8-13(11-19)18(4)5/h6-7,13,17H,8-12H2,1-5H3. The monoisotopic (exact) mass is 295 g/mol. The summed E-state index contributed by atoms with van der Waals surface area (Å²) in [5, 5.41) is 3.56. The molecular formula is C16H29N3S. The van der Waals surface area contributed by atoms with Crippen LogP contribution in [0.4, 0.5) is 0 Å². The van der Waals surface area contributed by atoms with Gasteiger partial charge < -0.3 is 10.2 Å². The van der Waals surface area contributed by atoms with Crippen LogP contribution in [0.15, 0.2) is 12.1 Å². The lowest BCUT2D eigenvalue weighted by atomic mass is 10.1. The summed E-state index contributed by atoms with van der Waals surface area (Å²) in [5.41, 5.74) is 0.192. The molecule has 3 nitrogen and oxygen atoms in total. The van der Waals surface area contributed by atoms with E-state index in [2.05, 4.69) is 62.1 Å². The Morgan fingerprint density at radius 3 is 2.60 bits per heavy atom. The number of likely N-dealkylation sites (N-methyl/N-ethyl adjacent to an activating group) is 1. The first-order chi connectivity index (χ1) is 9.33. The Balaban J connectivity index is 1.81. The third-order valence-corrected chi connectivity index (χ3v) is 4.94. The minimum absolute atomic E-state index is 0.192. The first kappa shape index (κ1) is 16.0. The second kappa shape index (κ2) is 6.56. The van der Waals surface area contributed by atoms with E-state index < -0.39 is 0 Å². The summed E-state index contributed by atoms with van der Waals surface area (Å²) >= 11 is 1.95. The van der Waals surface area contributed by atoms with Crippen LogP contribution in [0.25, 0.3) is 0 Å². The summed E-state index contributed by atoms with van der Waals surface area (Å²) in [6, 6.07) is 5.31. The minimum Gasteiger partial charge on any atom is -0.307 e. The van der Waals surface area contributed by atoms with E-state index in [0.717, 1.165) is 19.1 Å². The molecule has 1 unspecified atom stereocenters. The Labute approximate surface area is 128 Å². The van der Waals surface area contributed by atoms with Crippen molar-refractivity contribution in [2.45, 2.75) is 51.9 Å². The van der Waals surface area contributed by atoms with Crippen molar-refractivity contribution in [3.05, 3.63) is 21.9 Å². The molecule has 1 fully saturated rings. The fraction of sp³-hybridized carbons (Fsp3) is 0.750. The quantitative estimate of drug-likeness (QED) is 0.901. The lowest BCUT2D eigenvalue weighted by Crippen LogP contribution is -2.34. The van der Waals surface area contributed by atoms with Gasteiger partial charge >= 0.3 is 0 Å². The number of hydrogen-bond acceptors (Lipinski definition) is 4. The zero-order chi connectivity index (χ0) is 14.8. The molecule has 4 heteroatoms. The van der Waals surface area contributed by atoms with Crippen molar-refractivity contribution in [1.82, 2.24) is 15.1 Å². The van der Waals surface area contributed by atoms with Crippen molar-refractivity contribution in [3.63, 3.8) is 0 Å². The number of rotatable bonds is 5. The summed E-state index contributed by atoms with van der Waals surface area (Å²) in [6.07, 6.45) is 1.30. The summed E-state index contributed by atoms with van der Waals surface area (Å²) < 4.78 is 0. The van der Waals surface area contributed by atoms with Crippen molar-refractivity contribution < 1.29 is 0 Å². The number of nitrogens with zero attached hydrogens (tertiary/aromatic N) is 2. The average Bonchev–Trinajstić information content (AvgIpc) is 2.95. The highest BCUT2D eigenvalue weighted by Crippen LogP contribution is 2.22. The molecule has 1 aromatic heterocycles. The minimum atomic E-state index is 0.192. The van der Waals surface area contributed by atoms with Crippen LogP contribution >= 0.6 is 11.3 Å². The van der Waals surface area contributed by atoms with Crippen LogP contribution < -0.4 is 5.32 Å². The molecule has 0 saturated carbocycles. The van der Waals surface area contributed by atoms with Gasteiger partial charge in [-0.25, -0.2) is 0 Å². The molecule has 0 aromatic carbocycles. The first-order valence-corrected chi connectivity index (χ1v) is 8.36. The molecule has 2 rings (SSSR count). The van der Waals surface area contributed by atoms with E-state index >= 15 is 0 Å². The first-order valence-electron chi connectivity index (χ1n) is 7.55. The zero-order valence-corrected chi connectivity index (χ0v) is 14.4. The Morgan fingerprint density at radius 1 is 1.30 bits per heavy atom. The van der Waals surface area contributed by atoms with E-state index in [-0.39, 0.29) is 5.54 Å². The molecule has 1 saturated heterocycles. The Bertz CT molecular complexity index is 420. The van der Waals surface area contributed by atoms with Gasteiger partial charge in [0.25, 0.3) is 0 Å². The Morgan fingerprint density at radius 2 is 2.00 bits per heavy atom. The van der Waals surface area contributed by atoms with Crippen molar-refractivity contribution >= 4 is 11.3 Å². The van der Waals surface area contributed by atoms with Crippen molar-refractivity contribution in [2.24, 2.45) is 0 Å². The van der Waals surface area contributed by atoms with Crippen molar-refractivity contribution in [2.75, 3.05) is 27.2 Å². The van der Waals surface area contributed by atoms with Gasteiger partial charge in [-0.1, -0.05) is 0 Å². The van der Waals surface area contributed by atoms with Crippen molar-refractivity contribution in [1.29, 1.82) is 0 Å². The smallest absolute Gasteiger partial charge is 0.0328 e. The molecule has 2 heterocycles. The number of nitrogens with one attached hydrogen (secondary N) is 1. The van der Waals surface area contributed by atoms with Gasteiger partial charge in [0.1, 0.15) is 0 Å². The SMILES string of the molecule is CN(C)C1CCN(Cc2ccc(CNC(C)(C)C)s2)C1. The van der Waals surface area contributed by atoms with Gasteiger partial charge in [-0.3, -0.25) is 4.90 Å². The molecule has 0 amide bonds. The van der Waals surface area contributed by atoms with Crippen LogP contribution in [0.2, 0.25) is 0 Å². The van der Waals surface area contributed by atoms with Gasteiger partial charge in [0.05, 0.1) is 0 Å². The number of likely N-dealkylation sites (tertiary alicyclic amines) is 1. The van der Waals surface area contributed by atoms with Gasteiger partial charge in [0.2, 0.25) is 0 Å². The van der Waals surface area contributed by atoms with Gasteiger partial charge in [0.15, 0.2) is 0 Å². The predicted molar refractivity (Wildman–Crippen MR) is 88.3 cm³/mol. The highest BCUT2D eigenvalue weighted by molar-refractivity contribution is 7.11. The molecule has 20 heavy (non-hydrogen) atoms. The highest BCUT2D eigenvalue weighted by atomic mass is 32.1. The maximum absolute atomic E-state index is 3.56. The van der Waals surface area contributed by atoms with E-state index in [4.69, 9.17) is 0 Å². The fourth-order valence-corrected chi connectivity index (χ4v) is 3.55. The fourth-order valence-electron chi connectivity index (χ4n) is 2.55. The van der Waals surface area contributed by atoms with Crippen molar-refractivity contribution in [3.8, 4) is 0 Å². The van der Waals surface area contributed by atoms with Crippen LogP contribution in [0, 0.1) is 0 Å². The van der Waals surface area contributed by atoms with E-state index in [1.807, 2.05) is 11.3 Å². The van der Waals surface area contributed by atoms with Gasteiger partial charge in [-0.15, -0.1) is 11.3 Å². The van der Waals surface area contributed by atoms with E-state index in [1.165, 1.54) is 29.3 Å². The molecule has 114 valence electrons. The van der Waals surface area contributed by atoms with Crippen LogP contribution in [-0.4, -0.2) is 48.6 Å². The van der Waals surface area contributed by atoms with Gasteiger partial charge in [-0.05, 0) is 53.4 Å². The summed E-state index contributed by atoms with van der Waals surface area (Å²) in [4.78, 5) is 7.87. The Kier molecular flexibility index (Phi) is 5.24. The summed E-state index contributed by atoms with van der Waals surface area (Å²) in [7, 11) is 4.38. The predicted octanol–water partition coefficient (Wildman–Crippen LogP) is 2.77. The second-order valence-corrected chi connectivity index (χ2v) is 8.37. The maximum atomic E-state index is 3.56. The normalized spacial score (nSPS) is 21.0. The second-order valence-electron chi connectivity index (χ2n) is 7.11. The summed E-state index contributed by atoms with van der Waals surface area (Å²) in [6.45, 7) is 11.2. The Hall–Kier alpha value is -0.420. The molecule has 1 aliphatic rings. The van der Waals surface area contributed by atoms with E-state index in [1.54, 1.807) is 0 Å². The highest BCUT2D eigenvalue weighted by Gasteiger charge is 2.24. The molecule has 1 N–H and O–H groups in total. The average molecular weight is 295 g/mol. The molecule has 0 radical (unpaired) electrons. The summed E-state index contributed by atoms with van der Waals surface area (Å²) in [5.74, 6) is 0. The lowest BCUT2D eigenvalue weighted by molar-refractivity contribution is 0.266. The molecule has 0 bridgehead atoms. The van der Waals surface area contributed by atoms with Crippen LogP contribution in [0.3, 0.4) is 0 Å². The molecular weight excluding hydrogens is 266 g/mol. The number of thiophene rings is 1. The third kappa shape index (κ3) is 4.85. The number of hydrogen-bond donors (Lipinski definition) is 1. The maximum Gasteiger partial charge on any atom is 0.0328 e. The van der Waals surface area contributed by atoms with Crippen LogP contribution in [0.1, 0.15) is 36.9 Å². The molecule has 1 atom stereocenters. The molecule has 0 spiro atoms. The van der Waals surface area contributed by atoms with E-state index in [0.29, 0.717) is 0 Å².